The first-order valence-electron chi connectivity index (χ1n) is 9.37. The molecule has 0 saturated heterocycles. The molecule has 27 heavy (non-hydrogen) atoms. The highest BCUT2D eigenvalue weighted by Crippen LogP contribution is 2.34. The Labute approximate surface area is 159 Å². The van der Waals surface area contributed by atoms with Gasteiger partial charge in [-0.15, -0.1) is 0 Å². The molecule has 0 spiro atoms. The van der Waals surface area contributed by atoms with Gasteiger partial charge in [-0.3, -0.25) is 4.79 Å². The maximum absolute atomic E-state index is 12.5. The zero-order chi connectivity index (χ0) is 19.4. The lowest BCUT2D eigenvalue weighted by Gasteiger charge is -2.16. The van der Waals surface area contributed by atoms with Crippen LogP contribution in [0.2, 0.25) is 0 Å². The van der Waals surface area contributed by atoms with Gasteiger partial charge in [0, 0.05) is 22.9 Å². The summed E-state index contributed by atoms with van der Waals surface area (Å²) >= 11 is 0. The van der Waals surface area contributed by atoms with Crippen molar-refractivity contribution in [2.45, 2.75) is 45.6 Å². The number of nitrogens with one attached hydrogen (secondary N) is 2. The van der Waals surface area contributed by atoms with E-state index in [2.05, 4.69) is 17.2 Å². The molecule has 6 heteroatoms. The number of carbonyl (C=O) groups is 1. The number of hydrogen-bond acceptors (Lipinski definition) is 5. The van der Waals surface area contributed by atoms with Gasteiger partial charge >= 0.3 is 0 Å². The van der Waals surface area contributed by atoms with E-state index >= 15 is 0 Å². The number of nitrogens with two attached hydrogens (primary N) is 1. The summed E-state index contributed by atoms with van der Waals surface area (Å²) in [6.45, 7) is 3.87. The fourth-order valence-electron chi connectivity index (χ4n) is 3.12. The Hall–Kier alpha value is -2.89. The second kappa shape index (κ2) is 8.20. The molecule has 1 saturated carbocycles. The van der Waals surface area contributed by atoms with E-state index in [0.29, 0.717) is 34.3 Å². The molecule has 1 heterocycles. The van der Waals surface area contributed by atoms with Crippen LogP contribution >= 0.6 is 0 Å². The largest absolute Gasteiger partial charge is 0.431 e. The zero-order valence-electron chi connectivity index (χ0n) is 15.8. The normalized spacial score (nSPS) is 15.4. The van der Waals surface area contributed by atoms with Gasteiger partial charge in [-0.1, -0.05) is 25.5 Å². The highest BCUT2D eigenvalue weighted by molar-refractivity contribution is 6.07. The third kappa shape index (κ3) is 4.84. The number of rotatable bonds is 8. The maximum Gasteiger partial charge on any atom is 0.288 e. The van der Waals surface area contributed by atoms with Crippen LogP contribution in [0.15, 0.2) is 46.7 Å². The van der Waals surface area contributed by atoms with Crippen molar-refractivity contribution in [2.75, 3.05) is 0 Å². The molecular formula is C21H26N4O2. The molecule has 1 aliphatic carbocycles. The maximum atomic E-state index is 12.5. The summed E-state index contributed by atoms with van der Waals surface area (Å²) in [6, 6.07) is 7.51. The lowest BCUT2D eigenvalue weighted by Crippen LogP contribution is -2.36. The number of carbonyl (C=O) groups excluding carboxylic acids is 1. The van der Waals surface area contributed by atoms with Gasteiger partial charge in [0.15, 0.2) is 0 Å². The van der Waals surface area contributed by atoms with Gasteiger partial charge in [-0.25, -0.2) is 4.98 Å². The Morgan fingerprint density at radius 3 is 2.93 bits per heavy atom. The number of aromatic nitrogens is 1. The topological polar surface area (TPSA) is 105 Å². The van der Waals surface area contributed by atoms with Crippen molar-refractivity contribution in [2.24, 2.45) is 11.7 Å². The smallest absolute Gasteiger partial charge is 0.288 e. The first-order valence-corrected chi connectivity index (χ1v) is 9.37. The van der Waals surface area contributed by atoms with Gasteiger partial charge in [0.05, 0.1) is 11.9 Å². The molecule has 3 rings (SSSR count). The van der Waals surface area contributed by atoms with Crippen LogP contribution < -0.4 is 11.1 Å². The van der Waals surface area contributed by atoms with Crippen LogP contribution in [0.4, 0.5) is 0 Å². The van der Waals surface area contributed by atoms with E-state index < -0.39 is 0 Å². The van der Waals surface area contributed by atoms with Crippen LogP contribution in [-0.2, 0) is 0 Å². The van der Waals surface area contributed by atoms with E-state index in [1.165, 1.54) is 19.0 Å². The van der Waals surface area contributed by atoms with Crippen molar-refractivity contribution >= 4 is 11.6 Å². The summed E-state index contributed by atoms with van der Waals surface area (Å²) in [5, 5.41) is 11.2. The third-order valence-electron chi connectivity index (χ3n) is 4.63. The van der Waals surface area contributed by atoms with Crippen molar-refractivity contribution in [3.8, 4) is 11.5 Å². The lowest BCUT2D eigenvalue weighted by molar-refractivity contribution is 0.0902. The third-order valence-corrected chi connectivity index (χ3v) is 4.63. The van der Waals surface area contributed by atoms with E-state index in [9.17, 15) is 4.79 Å². The number of benzene rings is 1. The molecule has 6 nitrogen and oxygen atoms in total. The quantitative estimate of drug-likeness (QED) is 0.617. The molecule has 1 fully saturated rings. The van der Waals surface area contributed by atoms with Gasteiger partial charge in [0.2, 0.25) is 11.7 Å². The second-order valence-corrected chi connectivity index (χ2v) is 7.12. The Morgan fingerprint density at radius 2 is 2.26 bits per heavy atom. The van der Waals surface area contributed by atoms with Crippen molar-refractivity contribution in [3.05, 3.63) is 53.6 Å². The van der Waals surface area contributed by atoms with E-state index in [4.69, 9.17) is 15.6 Å². The van der Waals surface area contributed by atoms with Gasteiger partial charge < -0.3 is 20.9 Å². The van der Waals surface area contributed by atoms with Crippen molar-refractivity contribution < 1.29 is 9.21 Å². The highest BCUT2D eigenvalue weighted by Gasteiger charge is 2.32. The summed E-state index contributed by atoms with van der Waals surface area (Å²) in [5.41, 5.74) is 7.95. The lowest BCUT2D eigenvalue weighted by atomic mass is 10.1. The molecule has 4 N–H and O–H groups in total. The van der Waals surface area contributed by atoms with Gasteiger partial charge in [0.1, 0.15) is 0 Å². The molecule has 0 bridgehead atoms. The zero-order valence-corrected chi connectivity index (χ0v) is 15.8. The van der Waals surface area contributed by atoms with Crippen LogP contribution in [-0.4, -0.2) is 22.6 Å². The molecule has 142 valence electrons. The molecule has 0 radical (unpaired) electrons. The van der Waals surface area contributed by atoms with Crippen LogP contribution in [0, 0.1) is 11.3 Å². The van der Waals surface area contributed by atoms with Crippen molar-refractivity contribution in [3.63, 3.8) is 0 Å². The number of allylic oxidation sites excluding steroid dienone is 2. The van der Waals surface area contributed by atoms with E-state index in [1.807, 2.05) is 18.2 Å². The molecule has 1 aromatic heterocycles. The Morgan fingerprint density at radius 1 is 1.48 bits per heavy atom. The number of hydrogen-bond donors (Lipinski definition) is 3. The first-order chi connectivity index (χ1) is 13.0. The van der Waals surface area contributed by atoms with Gasteiger partial charge in [-0.2, -0.15) is 0 Å². The monoisotopic (exact) mass is 366 g/mol. The molecular weight excluding hydrogens is 340 g/mol. The fraction of sp³-hybridized carbons (Fsp3) is 0.381. The minimum atomic E-state index is -0.218. The number of nitrogens with zero attached hydrogens (tertiary/aromatic N) is 1. The van der Waals surface area contributed by atoms with E-state index in [1.54, 1.807) is 19.1 Å². The Balaban J connectivity index is 1.74. The highest BCUT2D eigenvalue weighted by atomic mass is 16.4. The first kappa shape index (κ1) is 18.9. The minimum Gasteiger partial charge on any atom is -0.431 e. The molecule has 0 aliphatic heterocycles. The van der Waals surface area contributed by atoms with Crippen LogP contribution in [0.25, 0.3) is 11.5 Å². The predicted molar refractivity (Wildman–Crippen MR) is 106 cm³/mol. The van der Waals surface area contributed by atoms with Crippen molar-refractivity contribution in [1.82, 2.24) is 10.3 Å². The molecule has 1 aliphatic rings. The van der Waals surface area contributed by atoms with E-state index in [0.717, 1.165) is 12.8 Å². The predicted octanol–water partition coefficient (Wildman–Crippen LogP) is 3.88. The Bertz CT molecular complexity index is 861. The summed E-state index contributed by atoms with van der Waals surface area (Å²) < 4.78 is 5.69. The van der Waals surface area contributed by atoms with Crippen LogP contribution in [0.3, 0.4) is 0 Å². The van der Waals surface area contributed by atoms with Gasteiger partial charge in [-0.05, 0) is 50.3 Å². The van der Waals surface area contributed by atoms with E-state index in [-0.39, 0.29) is 17.7 Å². The Kier molecular flexibility index (Phi) is 5.74. The molecule has 1 aromatic carbocycles. The molecule has 1 atom stereocenters. The number of oxazole rings is 1. The SMILES string of the molecule is CCCC(NC(=O)c1cnc(-c2cccc(C(=N)/C=C(/C)N)c2)o1)C1CC1. The fourth-order valence-corrected chi connectivity index (χ4v) is 3.12. The van der Waals surface area contributed by atoms with Crippen molar-refractivity contribution in [1.29, 1.82) is 5.41 Å². The summed E-state index contributed by atoms with van der Waals surface area (Å²) in [5.74, 6) is 0.953. The summed E-state index contributed by atoms with van der Waals surface area (Å²) in [4.78, 5) is 16.7. The van der Waals surface area contributed by atoms with Gasteiger partial charge in [0.25, 0.3) is 5.91 Å². The minimum absolute atomic E-state index is 0.213. The standard InChI is InChI=1S/C21H26N4O2/c1-3-5-18(14-8-9-14)25-20(26)19-12-24-21(27-19)16-7-4-6-15(11-16)17(23)10-13(2)22/h4,6-7,10-12,14,18,23H,3,5,8-9,22H2,1-2H3,(H,25,26)/b13-10-,23-17?. The summed E-state index contributed by atoms with van der Waals surface area (Å²) in [7, 11) is 0. The molecule has 2 aromatic rings. The molecule has 1 unspecified atom stereocenters. The van der Waals surface area contributed by atoms with Crippen LogP contribution in [0.5, 0.6) is 0 Å². The molecule has 1 amide bonds. The summed E-state index contributed by atoms with van der Waals surface area (Å²) in [6.07, 6.45) is 7.44. The average Bonchev–Trinajstić information content (AvgIpc) is 3.37. The number of amides is 1. The second-order valence-electron chi connectivity index (χ2n) is 7.12. The average molecular weight is 366 g/mol. The van der Waals surface area contributed by atoms with Crippen LogP contribution in [0.1, 0.15) is 55.6 Å².